The van der Waals surface area contributed by atoms with Gasteiger partial charge in [0.25, 0.3) is 10.2 Å². The number of rotatable bonds is 6. The molecule has 6 heteroatoms. The first-order valence-electron chi connectivity index (χ1n) is 6.82. The number of hydrogen-bond acceptors (Lipinski definition) is 3. The third kappa shape index (κ3) is 3.91. The lowest BCUT2D eigenvalue weighted by Crippen LogP contribution is -2.53. The van der Waals surface area contributed by atoms with Crippen molar-refractivity contribution in [2.45, 2.75) is 52.7 Å². The molecular weight excluding hydrogens is 252 g/mol. The van der Waals surface area contributed by atoms with Crippen LogP contribution in [0.1, 0.15) is 40.5 Å². The summed E-state index contributed by atoms with van der Waals surface area (Å²) in [4.78, 5) is 0. The molecule has 0 aromatic rings. The fourth-order valence-corrected chi connectivity index (χ4v) is 4.27. The van der Waals surface area contributed by atoms with Crippen molar-refractivity contribution in [3.8, 4) is 0 Å². The molecule has 0 N–H and O–H groups in total. The summed E-state index contributed by atoms with van der Waals surface area (Å²) in [5, 5.41) is 0. The number of hydrogen-bond donors (Lipinski definition) is 0. The van der Waals surface area contributed by atoms with Gasteiger partial charge in [-0.1, -0.05) is 13.8 Å². The fourth-order valence-electron chi connectivity index (χ4n) is 2.32. The summed E-state index contributed by atoms with van der Waals surface area (Å²) in [6.07, 6.45) is 1.62. The molecule has 1 heterocycles. The molecule has 0 amide bonds. The van der Waals surface area contributed by atoms with Crippen LogP contribution in [0.5, 0.6) is 0 Å². The molecule has 0 aromatic heterocycles. The predicted molar refractivity (Wildman–Crippen MR) is 72.7 cm³/mol. The second-order valence-corrected chi connectivity index (χ2v) is 6.91. The summed E-state index contributed by atoms with van der Waals surface area (Å²) in [7, 11) is -3.33. The predicted octanol–water partition coefficient (Wildman–Crippen LogP) is 1.46. The van der Waals surface area contributed by atoms with Gasteiger partial charge < -0.3 is 4.74 Å². The van der Waals surface area contributed by atoms with Crippen LogP contribution in [-0.4, -0.2) is 55.4 Å². The molecule has 2 unspecified atom stereocenters. The van der Waals surface area contributed by atoms with Crippen molar-refractivity contribution >= 4 is 10.2 Å². The third-order valence-electron chi connectivity index (χ3n) is 2.98. The molecule has 0 spiro atoms. The number of morpholine rings is 1. The molecule has 1 fully saturated rings. The quantitative estimate of drug-likeness (QED) is 0.739. The second-order valence-electron chi connectivity index (χ2n) is 4.98. The molecule has 1 rings (SSSR count). The molecule has 5 nitrogen and oxygen atoms in total. The van der Waals surface area contributed by atoms with Gasteiger partial charge in [0.05, 0.1) is 12.2 Å². The summed E-state index contributed by atoms with van der Waals surface area (Å²) >= 11 is 0. The Balaban J connectivity index is 2.82. The van der Waals surface area contributed by atoms with Gasteiger partial charge in [-0.3, -0.25) is 0 Å². The van der Waals surface area contributed by atoms with E-state index >= 15 is 0 Å². The monoisotopic (exact) mass is 278 g/mol. The Morgan fingerprint density at radius 2 is 1.56 bits per heavy atom. The van der Waals surface area contributed by atoms with Crippen LogP contribution < -0.4 is 0 Å². The summed E-state index contributed by atoms with van der Waals surface area (Å²) in [6, 6.07) is 0. The highest BCUT2D eigenvalue weighted by Crippen LogP contribution is 2.17. The van der Waals surface area contributed by atoms with Crippen LogP contribution in [0.15, 0.2) is 0 Å². The minimum atomic E-state index is -3.33. The zero-order valence-corrected chi connectivity index (χ0v) is 12.7. The van der Waals surface area contributed by atoms with Crippen LogP contribution >= 0.6 is 0 Å². The average molecular weight is 278 g/mol. The maximum absolute atomic E-state index is 12.6. The maximum atomic E-state index is 12.6. The molecule has 0 bridgehead atoms. The lowest BCUT2D eigenvalue weighted by atomic mass is 10.3. The smallest absolute Gasteiger partial charge is 0.282 e. The normalized spacial score (nSPS) is 26.7. The Morgan fingerprint density at radius 3 is 1.94 bits per heavy atom. The molecular formula is C12H26N2O3S. The van der Waals surface area contributed by atoms with Gasteiger partial charge in [0.2, 0.25) is 0 Å². The van der Waals surface area contributed by atoms with Crippen LogP contribution in [0.3, 0.4) is 0 Å². The van der Waals surface area contributed by atoms with E-state index in [4.69, 9.17) is 4.74 Å². The van der Waals surface area contributed by atoms with Gasteiger partial charge in [-0.15, -0.1) is 0 Å². The van der Waals surface area contributed by atoms with Crippen molar-refractivity contribution in [3.05, 3.63) is 0 Å². The Morgan fingerprint density at radius 1 is 1.11 bits per heavy atom. The molecule has 1 aliphatic rings. The van der Waals surface area contributed by atoms with Crippen molar-refractivity contribution in [1.82, 2.24) is 8.61 Å². The zero-order valence-electron chi connectivity index (χ0n) is 11.9. The Kier molecular flexibility index (Phi) is 6.04. The van der Waals surface area contributed by atoms with E-state index in [0.29, 0.717) is 26.2 Å². The topological polar surface area (TPSA) is 49.9 Å². The van der Waals surface area contributed by atoms with Crippen LogP contribution in [-0.2, 0) is 14.9 Å². The molecule has 18 heavy (non-hydrogen) atoms. The van der Waals surface area contributed by atoms with E-state index < -0.39 is 10.2 Å². The Labute approximate surface area is 111 Å². The molecule has 1 saturated heterocycles. The molecule has 0 radical (unpaired) electrons. The van der Waals surface area contributed by atoms with E-state index in [1.807, 2.05) is 27.7 Å². The number of nitrogens with zero attached hydrogens (tertiary/aromatic N) is 2. The van der Waals surface area contributed by atoms with Gasteiger partial charge in [-0.25, -0.2) is 0 Å². The van der Waals surface area contributed by atoms with Crippen LogP contribution in [0.2, 0.25) is 0 Å². The molecule has 1 aliphatic heterocycles. The molecule has 0 aliphatic carbocycles. The van der Waals surface area contributed by atoms with E-state index in [9.17, 15) is 8.42 Å². The van der Waals surface area contributed by atoms with Gasteiger partial charge in [0.15, 0.2) is 0 Å². The molecule has 0 saturated carbocycles. The fraction of sp³-hybridized carbons (Fsp3) is 1.00. The highest BCUT2D eigenvalue weighted by atomic mass is 32.2. The van der Waals surface area contributed by atoms with E-state index in [2.05, 4.69) is 0 Å². The first kappa shape index (κ1) is 15.9. The van der Waals surface area contributed by atoms with Crippen LogP contribution in [0.25, 0.3) is 0 Å². The minimum absolute atomic E-state index is 0.0337. The first-order valence-corrected chi connectivity index (χ1v) is 8.22. The molecule has 0 aromatic carbocycles. The second kappa shape index (κ2) is 6.84. The van der Waals surface area contributed by atoms with E-state index in [1.165, 1.54) is 0 Å². The van der Waals surface area contributed by atoms with Crippen LogP contribution in [0.4, 0.5) is 0 Å². The summed E-state index contributed by atoms with van der Waals surface area (Å²) in [5.74, 6) is 0. The maximum Gasteiger partial charge on any atom is 0.282 e. The van der Waals surface area contributed by atoms with Crippen LogP contribution in [0, 0.1) is 0 Å². The van der Waals surface area contributed by atoms with Crippen molar-refractivity contribution in [1.29, 1.82) is 0 Å². The van der Waals surface area contributed by atoms with Crippen molar-refractivity contribution in [2.24, 2.45) is 0 Å². The standard InChI is InChI=1S/C12H26N2O3S/c1-5-7-13(8-6-2)18(15,16)14-9-11(3)17-12(4)10-14/h11-12H,5-10H2,1-4H3. The van der Waals surface area contributed by atoms with Crippen molar-refractivity contribution in [2.75, 3.05) is 26.2 Å². The summed E-state index contributed by atoms with van der Waals surface area (Å²) in [6.45, 7) is 9.94. The largest absolute Gasteiger partial charge is 0.373 e. The zero-order chi connectivity index (χ0) is 13.8. The van der Waals surface area contributed by atoms with Gasteiger partial charge >= 0.3 is 0 Å². The summed E-state index contributed by atoms with van der Waals surface area (Å²) in [5.41, 5.74) is 0. The summed E-state index contributed by atoms with van der Waals surface area (Å²) < 4.78 is 33.9. The van der Waals surface area contributed by atoms with E-state index in [1.54, 1.807) is 8.61 Å². The third-order valence-corrected chi connectivity index (χ3v) is 4.95. The number of ether oxygens (including phenoxy) is 1. The van der Waals surface area contributed by atoms with Gasteiger partial charge in [0, 0.05) is 26.2 Å². The van der Waals surface area contributed by atoms with Crippen molar-refractivity contribution < 1.29 is 13.2 Å². The van der Waals surface area contributed by atoms with Gasteiger partial charge in [-0.05, 0) is 26.7 Å². The highest BCUT2D eigenvalue weighted by molar-refractivity contribution is 7.86. The average Bonchev–Trinajstić information content (AvgIpc) is 2.27. The van der Waals surface area contributed by atoms with Crippen molar-refractivity contribution in [3.63, 3.8) is 0 Å². The molecule has 2 atom stereocenters. The lowest BCUT2D eigenvalue weighted by Gasteiger charge is -2.37. The highest BCUT2D eigenvalue weighted by Gasteiger charge is 2.34. The van der Waals surface area contributed by atoms with E-state index in [0.717, 1.165) is 12.8 Å². The van der Waals surface area contributed by atoms with E-state index in [-0.39, 0.29) is 12.2 Å². The SMILES string of the molecule is CCCN(CCC)S(=O)(=O)N1CC(C)OC(C)C1. The lowest BCUT2D eigenvalue weighted by molar-refractivity contribution is -0.0454. The Bertz CT molecular complexity index is 329. The molecule has 108 valence electrons. The van der Waals surface area contributed by atoms with Gasteiger partial charge in [-0.2, -0.15) is 17.0 Å². The van der Waals surface area contributed by atoms with Gasteiger partial charge in [0.1, 0.15) is 0 Å². The Hall–Kier alpha value is -0.170. The first-order chi connectivity index (χ1) is 8.41. The minimum Gasteiger partial charge on any atom is -0.373 e.